The number of benzene rings is 2. The number of amidine groups is 1. The summed E-state index contributed by atoms with van der Waals surface area (Å²) in [5, 5.41) is 10.3. The molecular weight excluding hydrogens is 514 g/mol. The third kappa shape index (κ3) is 10.7. The van der Waals surface area contributed by atoms with Gasteiger partial charge >= 0.3 is 0 Å². The molecule has 2 aromatic carbocycles. The van der Waals surface area contributed by atoms with Gasteiger partial charge in [-0.3, -0.25) is 19.7 Å². The van der Waals surface area contributed by atoms with E-state index < -0.39 is 0 Å². The van der Waals surface area contributed by atoms with Crippen LogP contribution in [-0.2, 0) is 22.6 Å². The van der Waals surface area contributed by atoms with Gasteiger partial charge in [0.05, 0.1) is 6.54 Å². The Bertz CT molecular complexity index is 1080. The zero-order valence-electron chi connectivity index (χ0n) is 22.4. The zero-order chi connectivity index (χ0) is 27.8. The van der Waals surface area contributed by atoms with Gasteiger partial charge in [0.25, 0.3) is 0 Å². The Kier molecular flexibility index (Phi) is 14.2. The minimum absolute atomic E-state index is 0.0410. The number of carbonyl (C=O) groups excluding carboxylic acids is 2. The van der Waals surface area contributed by atoms with Gasteiger partial charge in [0.1, 0.15) is 11.9 Å². The second-order valence-electron chi connectivity index (χ2n) is 8.67. The topological polar surface area (TPSA) is 111 Å². The summed E-state index contributed by atoms with van der Waals surface area (Å²) in [6, 6.07) is 22.5. The summed E-state index contributed by atoms with van der Waals surface area (Å²) in [5.74, 6) is -0.0794. The molecule has 1 atom stereocenters. The SMILES string of the molecule is CCNSC.Cc1sc(CNC(=O)C2CCCN2C=O)cc1C(=N)N.c1ccc(Cc2ccccc2)cc1. The lowest BCUT2D eigenvalue weighted by Crippen LogP contribution is -2.42. The predicted octanol–water partition coefficient (Wildman–Crippen LogP) is 4.73. The van der Waals surface area contributed by atoms with Crippen LogP contribution in [0.1, 0.15) is 46.2 Å². The molecule has 1 unspecified atom stereocenters. The molecule has 4 rings (SSSR count). The van der Waals surface area contributed by atoms with E-state index in [1.165, 1.54) is 27.4 Å². The van der Waals surface area contributed by atoms with Crippen molar-refractivity contribution in [1.82, 2.24) is 14.9 Å². The van der Waals surface area contributed by atoms with Gasteiger partial charge in [-0.15, -0.1) is 11.3 Å². The highest BCUT2D eigenvalue weighted by Gasteiger charge is 2.29. The van der Waals surface area contributed by atoms with Crippen LogP contribution in [0.15, 0.2) is 66.7 Å². The van der Waals surface area contributed by atoms with Gasteiger partial charge in [-0.25, -0.2) is 0 Å². The van der Waals surface area contributed by atoms with Crippen molar-refractivity contribution < 1.29 is 9.59 Å². The van der Waals surface area contributed by atoms with Gasteiger partial charge in [0.15, 0.2) is 0 Å². The number of nitrogen functional groups attached to an aromatic ring is 1. The average Bonchev–Trinajstić information content (AvgIpc) is 3.56. The van der Waals surface area contributed by atoms with Crippen molar-refractivity contribution in [2.75, 3.05) is 19.3 Å². The first-order valence-electron chi connectivity index (χ1n) is 12.7. The number of hydrogen-bond acceptors (Lipinski definition) is 6. The van der Waals surface area contributed by atoms with E-state index >= 15 is 0 Å². The number of nitrogens with zero attached hydrogens (tertiary/aromatic N) is 1. The molecule has 38 heavy (non-hydrogen) atoms. The summed E-state index contributed by atoms with van der Waals surface area (Å²) in [4.78, 5) is 26.3. The standard InChI is InChI=1S/C13H18N4O2S.C13H12.C3H9NS/c1-8-10(12(14)15)5-9(20-8)6-16-13(19)11-3-2-4-17(11)7-18;1-3-7-12(8-4-1)11-13-9-5-2-6-10-13;1-3-4-5-2/h5,7,11H,2-4,6H2,1H3,(H3,14,15)(H,16,19);1-10H,11H2;4H,3H2,1-2H3. The summed E-state index contributed by atoms with van der Waals surface area (Å²) in [5.41, 5.74) is 8.93. The van der Waals surface area contributed by atoms with E-state index in [0.29, 0.717) is 19.5 Å². The van der Waals surface area contributed by atoms with Crippen molar-refractivity contribution in [2.24, 2.45) is 5.73 Å². The van der Waals surface area contributed by atoms with Crippen molar-refractivity contribution in [1.29, 1.82) is 5.41 Å². The van der Waals surface area contributed by atoms with Gasteiger partial charge in [-0.05, 0) is 49.6 Å². The molecule has 1 saturated heterocycles. The van der Waals surface area contributed by atoms with Crippen molar-refractivity contribution >= 4 is 41.4 Å². The monoisotopic (exact) mass is 553 g/mol. The number of hydrogen-bond donors (Lipinski definition) is 4. The van der Waals surface area contributed by atoms with Crippen LogP contribution in [0.3, 0.4) is 0 Å². The fourth-order valence-corrected chi connectivity index (χ4v) is 5.24. The molecular formula is C29H39N5O2S2. The molecule has 2 amide bonds. The Hall–Kier alpha value is -3.14. The summed E-state index contributed by atoms with van der Waals surface area (Å²) in [6.45, 7) is 6.09. The molecule has 7 nitrogen and oxygen atoms in total. The van der Waals surface area contributed by atoms with E-state index in [2.05, 4.69) is 77.6 Å². The van der Waals surface area contributed by atoms with E-state index in [-0.39, 0.29) is 17.8 Å². The largest absolute Gasteiger partial charge is 0.384 e. The molecule has 5 N–H and O–H groups in total. The Morgan fingerprint density at radius 2 is 1.76 bits per heavy atom. The maximum absolute atomic E-state index is 12.0. The van der Waals surface area contributed by atoms with Crippen LogP contribution in [0.2, 0.25) is 0 Å². The van der Waals surface area contributed by atoms with E-state index in [1.807, 2.05) is 19.2 Å². The van der Waals surface area contributed by atoms with Gasteiger partial charge in [0, 0.05) is 28.4 Å². The minimum Gasteiger partial charge on any atom is -0.384 e. The molecule has 0 saturated carbocycles. The van der Waals surface area contributed by atoms with Crippen molar-refractivity contribution in [3.8, 4) is 0 Å². The molecule has 0 aliphatic carbocycles. The van der Waals surface area contributed by atoms with E-state index in [4.69, 9.17) is 11.1 Å². The molecule has 0 radical (unpaired) electrons. The number of carbonyl (C=O) groups is 2. The lowest BCUT2D eigenvalue weighted by Gasteiger charge is -2.18. The number of likely N-dealkylation sites (tertiary alicyclic amines) is 1. The fraction of sp³-hybridized carbons (Fsp3) is 0.345. The highest BCUT2D eigenvalue weighted by Crippen LogP contribution is 2.21. The van der Waals surface area contributed by atoms with Gasteiger partial charge in [-0.2, -0.15) is 0 Å². The number of nitrogens with one attached hydrogen (secondary N) is 3. The molecule has 1 aliphatic heterocycles. The van der Waals surface area contributed by atoms with Crippen LogP contribution in [0.5, 0.6) is 0 Å². The summed E-state index contributed by atoms with van der Waals surface area (Å²) >= 11 is 3.17. The molecule has 1 aromatic heterocycles. The lowest BCUT2D eigenvalue weighted by atomic mass is 10.1. The highest BCUT2D eigenvalue weighted by molar-refractivity contribution is 7.96. The third-order valence-electron chi connectivity index (χ3n) is 5.81. The first kappa shape index (κ1) is 31.1. The zero-order valence-corrected chi connectivity index (χ0v) is 24.0. The summed E-state index contributed by atoms with van der Waals surface area (Å²) < 4.78 is 3.03. The van der Waals surface area contributed by atoms with Crippen LogP contribution in [0, 0.1) is 12.3 Å². The third-order valence-corrected chi connectivity index (χ3v) is 7.44. The quantitative estimate of drug-likeness (QED) is 0.133. The van der Waals surface area contributed by atoms with Crippen LogP contribution in [0.25, 0.3) is 0 Å². The first-order valence-corrected chi connectivity index (χ1v) is 14.7. The smallest absolute Gasteiger partial charge is 0.243 e. The second-order valence-corrected chi connectivity index (χ2v) is 10.7. The van der Waals surface area contributed by atoms with E-state index in [9.17, 15) is 9.59 Å². The van der Waals surface area contributed by atoms with Crippen LogP contribution in [-0.4, -0.2) is 48.4 Å². The first-order chi connectivity index (χ1) is 18.4. The number of amides is 2. The number of aryl methyl sites for hydroxylation is 1. The minimum atomic E-state index is -0.346. The molecule has 3 aromatic rings. The maximum Gasteiger partial charge on any atom is 0.243 e. The highest BCUT2D eigenvalue weighted by atomic mass is 32.2. The molecule has 2 heterocycles. The molecule has 204 valence electrons. The maximum atomic E-state index is 12.0. The van der Waals surface area contributed by atoms with Crippen molar-refractivity contribution in [3.05, 3.63) is 93.2 Å². The Labute approximate surface area is 234 Å². The number of thiophene rings is 1. The fourth-order valence-electron chi connectivity index (χ4n) is 3.96. The van der Waals surface area contributed by atoms with Crippen LogP contribution in [0.4, 0.5) is 0 Å². The van der Waals surface area contributed by atoms with E-state index in [1.54, 1.807) is 11.9 Å². The molecule has 0 spiro atoms. The van der Waals surface area contributed by atoms with E-state index in [0.717, 1.165) is 41.1 Å². The van der Waals surface area contributed by atoms with Crippen LogP contribution >= 0.6 is 23.3 Å². The Morgan fingerprint density at radius 1 is 1.16 bits per heavy atom. The van der Waals surface area contributed by atoms with Crippen molar-refractivity contribution in [3.63, 3.8) is 0 Å². The van der Waals surface area contributed by atoms with Gasteiger partial charge < -0.3 is 16.0 Å². The number of rotatable bonds is 9. The Balaban J connectivity index is 0.000000240. The molecule has 0 bridgehead atoms. The van der Waals surface area contributed by atoms with Gasteiger partial charge in [-0.1, -0.05) is 79.5 Å². The summed E-state index contributed by atoms with van der Waals surface area (Å²) in [7, 11) is 0. The Morgan fingerprint density at radius 3 is 2.21 bits per heavy atom. The average molecular weight is 554 g/mol. The van der Waals surface area contributed by atoms with Crippen molar-refractivity contribution in [2.45, 2.75) is 45.7 Å². The summed E-state index contributed by atoms with van der Waals surface area (Å²) in [6.07, 6.45) is 5.36. The number of nitrogens with two attached hydrogens (primary N) is 1. The normalized spacial score (nSPS) is 14.0. The van der Waals surface area contributed by atoms with Gasteiger partial charge in [0.2, 0.25) is 12.3 Å². The molecule has 9 heteroatoms. The second kappa shape index (κ2) is 17.4. The predicted molar refractivity (Wildman–Crippen MR) is 161 cm³/mol. The molecule has 1 aliphatic rings. The van der Waals surface area contributed by atoms with Crippen LogP contribution < -0.4 is 15.8 Å². The molecule has 1 fully saturated rings. The lowest BCUT2D eigenvalue weighted by molar-refractivity contribution is -0.131.